The van der Waals surface area contributed by atoms with E-state index in [0.717, 1.165) is 6.42 Å². The van der Waals surface area contributed by atoms with E-state index in [1.165, 1.54) is 4.90 Å². The van der Waals surface area contributed by atoms with Gasteiger partial charge in [0.05, 0.1) is 18.9 Å². The minimum atomic E-state index is -0.164. The molecule has 1 aliphatic heterocycles. The predicted octanol–water partition coefficient (Wildman–Crippen LogP) is 2.22. The van der Waals surface area contributed by atoms with Gasteiger partial charge in [-0.3, -0.25) is 19.3 Å². The summed E-state index contributed by atoms with van der Waals surface area (Å²) < 4.78 is 5.13. The van der Waals surface area contributed by atoms with Crippen LogP contribution in [0.15, 0.2) is 36.4 Å². The number of carbonyl (C=O) groups is 3. The van der Waals surface area contributed by atoms with Crippen molar-refractivity contribution >= 4 is 23.4 Å². The van der Waals surface area contributed by atoms with Crippen LogP contribution in [-0.2, 0) is 14.4 Å². The molecule has 6 nitrogen and oxygen atoms in total. The third-order valence-corrected chi connectivity index (χ3v) is 5.70. The average Bonchev–Trinajstić information content (AvgIpc) is 3.31. The number of amides is 3. The van der Waals surface area contributed by atoms with Gasteiger partial charge in [-0.1, -0.05) is 18.2 Å². The van der Waals surface area contributed by atoms with Gasteiger partial charge in [0, 0.05) is 24.7 Å². The fraction of sp³-hybridized carbons (Fsp3) is 0.450. The number of hydrogen-bond acceptors (Lipinski definition) is 4. The number of methoxy groups -OCH3 is 1. The van der Waals surface area contributed by atoms with Crippen LogP contribution >= 0.6 is 0 Å². The molecular formula is C20H22N2O4. The number of ether oxygens (including phenoxy) is 1. The Hall–Kier alpha value is -2.63. The highest BCUT2D eigenvalue weighted by molar-refractivity contribution is 6.06. The summed E-state index contributed by atoms with van der Waals surface area (Å²) in [7, 11) is 1.57. The summed E-state index contributed by atoms with van der Waals surface area (Å²) in [5.74, 6) is 0.553. The molecule has 2 bridgehead atoms. The number of nitrogens with one attached hydrogen (secondary N) is 1. The molecule has 2 aliphatic carbocycles. The molecule has 4 atom stereocenters. The number of nitrogens with zero attached hydrogens (tertiary/aromatic N) is 1. The number of anilines is 1. The van der Waals surface area contributed by atoms with Gasteiger partial charge in [0.15, 0.2) is 0 Å². The Labute approximate surface area is 152 Å². The zero-order valence-electron chi connectivity index (χ0n) is 14.7. The van der Waals surface area contributed by atoms with E-state index in [0.29, 0.717) is 24.4 Å². The second-order valence-corrected chi connectivity index (χ2v) is 7.21. The summed E-state index contributed by atoms with van der Waals surface area (Å²) in [5.41, 5.74) is 0.667. The normalized spacial score (nSPS) is 28.6. The minimum absolute atomic E-state index is 0.0509. The maximum Gasteiger partial charge on any atom is 0.233 e. The first-order valence-corrected chi connectivity index (χ1v) is 9.06. The molecule has 1 N–H and O–H groups in total. The molecule has 6 heteroatoms. The van der Waals surface area contributed by atoms with E-state index in [1.54, 1.807) is 31.4 Å². The predicted molar refractivity (Wildman–Crippen MR) is 95.3 cm³/mol. The Morgan fingerprint density at radius 3 is 2.54 bits per heavy atom. The molecule has 1 saturated heterocycles. The Morgan fingerprint density at radius 2 is 1.88 bits per heavy atom. The van der Waals surface area contributed by atoms with Gasteiger partial charge in [0.2, 0.25) is 17.7 Å². The van der Waals surface area contributed by atoms with Gasteiger partial charge in [-0.05, 0) is 36.8 Å². The van der Waals surface area contributed by atoms with Gasteiger partial charge in [0.25, 0.3) is 0 Å². The molecule has 3 amide bonds. The summed E-state index contributed by atoms with van der Waals surface area (Å²) in [5, 5.41) is 2.81. The summed E-state index contributed by atoms with van der Waals surface area (Å²) in [4.78, 5) is 38.6. The lowest BCUT2D eigenvalue weighted by atomic mass is 9.85. The zero-order valence-corrected chi connectivity index (χ0v) is 14.7. The van der Waals surface area contributed by atoms with Crippen molar-refractivity contribution in [3.05, 3.63) is 36.4 Å². The lowest BCUT2D eigenvalue weighted by molar-refractivity contribution is -0.141. The molecule has 0 radical (unpaired) electrons. The highest BCUT2D eigenvalue weighted by Gasteiger charge is 2.58. The van der Waals surface area contributed by atoms with Crippen molar-refractivity contribution in [2.24, 2.45) is 23.7 Å². The van der Waals surface area contributed by atoms with Crippen LogP contribution in [0, 0.1) is 23.7 Å². The van der Waals surface area contributed by atoms with E-state index in [4.69, 9.17) is 4.74 Å². The monoisotopic (exact) mass is 354 g/mol. The van der Waals surface area contributed by atoms with E-state index in [1.807, 2.05) is 0 Å². The van der Waals surface area contributed by atoms with Gasteiger partial charge in [0.1, 0.15) is 5.75 Å². The Kier molecular flexibility index (Phi) is 4.26. The van der Waals surface area contributed by atoms with E-state index in [2.05, 4.69) is 17.5 Å². The van der Waals surface area contributed by atoms with Crippen molar-refractivity contribution in [1.82, 2.24) is 4.90 Å². The van der Waals surface area contributed by atoms with Crippen molar-refractivity contribution in [2.45, 2.75) is 19.3 Å². The first-order valence-electron chi connectivity index (χ1n) is 9.06. The lowest BCUT2D eigenvalue weighted by Gasteiger charge is -2.17. The third-order valence-electron chi connectivity index (χ3n) is 5.70. The van der Waals surface area contributed by atoms with E-state index in [9.17, 15) is 14.4 Å². The summed E-state index contributed by atoms with van der Waals surface area (Å²) in [6.45, 7) is 0.315. The van der Waals surface area contributed by atoms with Crippen LogP contribution in [0.1, 0.15) is 19.3 Å². The first-order chi connectivity index (χ1) is 12.6. The molecule has 1 saturated carbocycles. The van der Waals surface area contributed by atoms with Crippen molar-refractivity contribution in [1.29, 1.82) is 0 Å². The van der Waals surface area contributed by atoms with Crippen LogP contribution in [0.3, 0.4) is 0 Å². The minimum Gasteiger partial charge on any atom is -0.497 e. The summed E-state index contributed by atoms with van der Waals surface area (Å²) in [6, 6.07) is 7.14. The number of likely N-dealkylation sites (tertiary alicyclic amines) is 1. The lowest BCUT2D eigenvalue weighted by Crippen LogP contribution is -2.34. The highest BCUT2D eigenvalue weighted by atomic mass is 16.5. The summed E-state index contributed by atoms with van der Waals surface area (Å²) >= 11 is 0. The topological polar surface area (TPSA) is 75.7 Å². The van der Waals surface area contributed by atoms with E-state index >= 15 is 0 Å². The number of allylic oxidation sites excluding steroid dienone is 2. The Balaban J connectivity index is 1.29. The van der Waals surface area contributed by atoms with Gasteiger partial charge < -0.3 is 10.1 Å². The second kappa shape index (κ2) is 6.59. The molecular weight excluding hydrogens is 332 g/mol. The van der Waals surface area contributed by atoms with Crippen LogP contribution < -0.4 is 10.1 Å². The highest BCUT2D eigenvalue weighted by Crippen LogP contribution is 2.52. The zero-order chi connectivity index (χ0) is 18.3. The second-order valence-electron chi connectivity index (χ2n) is 7.21. The third kappa shape index (κ3) is 2.79. The molecule has 1 aromatic rings. The maximum atomic E-state index is 12.6. The average molecular weight is 354 g/mol. The quantitative estimate of drug-likeness (QED) is 0.628. The number of fused-ring (bicyclic) bond motifs is 5. The van der Waals surface area contributed by atoms with E-state index < -0.39 is 0 Å². The fourth-order valence-corrected chi connectivity index (χ4v) is 4.51. The Morgan fingerprint density at radius 1 is 1.19 bits per heavy atom. The Bertz CT molecular complexity index is 758. The van der Waals surface area contributed by atoms with Crippen LogP contribution in [-0.4, -0.2) is 36.3 Å². The van der Waals surface area contributed by atoms with Crippen molar-refractivity contribution in [3.8, 4) is 5.75 Å². The molecule has 26 heavy (non-hydrogen) atoms. The number of carbonyl (C=O) groups excluding carboxylic acids is 3. The van der Waals surface area contributed by atoms with Crippen LogP contribution in [0.5, 0.6) is 5.75 Å². The van der Waals surface area contributed by atoms with Crippen LogP contribution in [0.25, 0.3) is 0 Å². The first kappa shape index (κ1) is 16.8. The summed E-state index contributed by atoms with van der Waals surface area (Å²) in [6.07, 6.45) is 5.83. The van der Waals surface area contributed by atoms with Crippen molar-refractivity contribution < 1.29 is 19.1 Å². The number of rotatable bonds is 6. The van der Waals surface area contributed by atoms with Crippen molar-refractivity contribution in [3.63, 3.8) is 0 Å². The molecule has 1 aromatic carbocycles. The SMILES string of the molecule is COc1cccc(NC(=O)CCCN2C(=O)C3C4C=CC(C4)C3C2=O)c1. The van der Waals surface area contributed by atoms with Gasteiger partial charge in [-0.2, -0.15) is 0 Å². The molecule has 136 valence electrons. The van der Waals surface area contributed by atoms with Crippen LogP contribution in [0.4, 0.5) is 5.69 Å². The number of hydrogen-bond donors (Lipinski definition) is 1. The van der Waals surface area contributed by atoms with Gasteiger partial charge in [-0.25, -0.2) is 0 Å². The molecule has 2 fully saturated rings. The van der Waals surface area contributed by atoms with Gasteiger partial charge >= 0.3 is 0 Å². The number of imide groups is 1. The number of benzene rings is 1. The van der Waals surface area contributed by atoms with Crippen molar-refractivity contribution in [2.75, 3.05) is 19.0 Å². The molecule has 0 spiro atoms. The fourth-order valence-electron chi connectivity index (χ4n) is 4.51. The standard InChI is InChI=1S/C20H22N2O4/c1-26-15-5-2-4-14(11-15)21-16(23)6-3-9-22-19(24)17-12-7-8-13(10-12)18(17)20(22)25/h2,4-5,7-8,11-13,17-18H,3,6,9-10H2,1H3,(H,21,23). The molecule has 3 aliphatic rings. The molecule has 4 unspecified atom stereocenters. The molecule has 4 rings (SSSR count). The van der Waals surface area contributed by atoms with Crippen LogP contribution in [0.2, 0.25) is 0 Å². The largest absolute Gasteiger partial charge is 0.497 e. The molecule has 0 aromatic heterocycles. The molecule has 1 heterocycles. The van der Waals surface area contributed by atoms with Gasteiger partial charge in [-0.15, -0.1) is 0 Å². The van der Waals surface area contributed by atoms with E-state index in [-0.39, 0.29) is 47.8 Å². The maximum absolute atomic E-state index is 12.6. The smallest absolute Gasteiger partial charge is 0.233 e.